The Morgan fingerprint density at radius 1 is 0.367 bits per heavy atom. The summed E-state index contributed by atoms with van der Waals surface area (Å²) in [6, 6.07) is 17.3. The fourth-order valence-corrected chi connectivity index (χ4v) is 7.39. The third-order valence-electron chi connectivity index (χ3n) is 10.4. The number of hydrogen-bond acceptors (Lipinski definition) is 5. The Hall–Kier alpha value is -3.38. The monoisotopic (exact) mass is 838 g/mol. The zero-order valence-electron chi connectivity index (χ0n) is 42.8. The van der Waals surface area contributed by atoms with Gasteiger partial charge in [-0.25, -0.2) is 9.97 Å². The number of H-pyrrole nitrogens is 1. The Kier molecular flexibility index (Phi) is 18.6. The third kappa shape index (κ3) is 15.5. The number of aromatic amines is 1. The summed E-state index contributed by atoms with van der Waals surface area (Å²) in [4.78, 5) is 25.6. The molecule has 5 aromatic heterocycles. The number of fused-ring (bicyclic) bond motifs is 1. The topological polar surface area (TPSA) is 67.3 Å². The van der Waals surface area contributed by atoms with Crippen molar-refractivity contribution in [3.05, 3.63) is 104 Å². The van der Waals surface area contributed by atoms with Gasteiger partial charge in [-0.3, -0.25) is 9.97 Å². The normalized spacial score (nSPS) is 12.6. The molecule has 0 radical (unpaired) electrons. The van der Waals surface area contributed by atoms with Crippen molar-refractivity contribution < 1.29 is 0 Å². The zero-order valence-corrected chi connectivity index (χ0v) is 43.6. The van der Waals surface area contributed by atoms with Gasteiger partial charge in [-0.05, 0) is 94.9 Å². The van der Waals surface area contributed by atoms with Crippen molar-refractivity contribution in [2.24, 2.45) is 0 Å². The van der Waals surface area contributed by atoms with Crippen molar-refractivity contribution in [1.29, 1.82) is 0 Å². The van der Waals surface area contributed by atoms with Gasteiger partial charge < -0.3 is 4.98 Å². The highest BCUT2D eigenvalue weighted by molar-refractivity contribution is 7.12. The number of aromatic nitrogens is 5. The van der Waals surface area contributed by atoms with Crippen LogP contribution in [-0.4, -0.2) is 24.9 Å². The molecule has 0 amide bonds. The molecule has 0 aromatic carbocycles. The minimum absolute atomic E-state index is 0.226. The number of hydrogen-bond donors (Lipinski definition) is 1. The Labute approximate surface area is 372 Å². The average Bonchev–Trinajstić information content (AvgIpc) is 3.83. The summed E-state index contributed by atoms with van der Waals surface area (Å²) in [6.07, 6.45) is 0. The van der Waals surface area contributed by atoms with Crippen LogP contribution in [0.2, 0.25) is 0 Å². The van der Waals surface area contributed by atoms with Gasteiger partial charge in [0.15, 0.2) is 5.65 Å². The Morgan fingerprint density at radius 3 is 0.867 bits per heavy atom. The summed E-state index contributed by atoms with van der Waals surface area (Å²) >= 11 is 1.95. The van der Waals surface area contributed by atoms with Crippen LogP contribution in [-0.2, 0) is 21.7 Å². The molecule has 0 atom stereocenters. The molecule has 5 aromatic rings. The molecule has 0 aliphatic heterocycles. The first-order valence-corrected chi connectivity index (χ1v) is 23.6. The second-order valence-corrected chi connectivity index (χ2v) is 23.7. The molecule has 0 saturated carbocycles. The number of thiophene rings is 1. The molecule has 0 aliphatic rings. The van der Waals surface area contributed by atoms with Crippen LogP contribution >= 0.6 is 11.3 Å². The highest BCUT2D eigenvalue weighted by Crippen LogP contribution is 2.35. The molecule has 5 rings (SSSR count). The number of pyridine rings is 2. The van der Waals surface area contributed by atoms with Gasteiger partial charge in [0.05, 0.1) is 22.8 Å². The van der Waals surface area contributed by atoms with E-state index in [0.29, 0.717) is 46.3 Å². The van der Waals surface area contributed by atoms with E-state index in [9.17, 15) is 0 Å². The first kappa shape index (κ1) is 52.8. The minimum Gasteiger partial charge on any atom is -0.361 e. The molecule has 5 heterocycles. The summed E-state index contributed by atoms with van der Waals surface area (Å²) in [5.41, 5.74) is 11.5. The summed E-state index contributed by atoms with van der Waals surface area (Å²) in [7, 11) is 0. The number of nitrogens with one attached hydrogen (secondary N) is 1. The second-order valence-electron chi connectivity index (χ2n) is 22.7. The van der Waals surface area contributed by atoms with Crippen LogP contribution in [0.25, 0.3) is 11.0 Å². The number of nitrogens with zero attached hydrogens (tertiary/aromatic N) is 4. The van der Waals surface area contributed by atoms with Crippen LogP contribution in [0.4, 0.5) is 0 Å². The van der Waals surface area contributed by atoms with Gasteiger partial charge in [0, 0.05) is 48.7 Å². The van der Waals surface area contributed by atoms with E-state index in [2.05, 4.69) is 230 Å². The van der Waals surface area contributed by atoms with Gasteiger partial charge in [0.2, 0.25) is 0 Å². The third-order valence-corrected chi connectivity index (χ3v) is 12.3. The molecule has 0 unspecified atom stereocenters. The molecular formula is C54H87N5S. The van der Waals surface area contributed by atoms with Crippen molar-refractivity contribution in [3.63, 3.8) is 0 Å². The molecule has 0 fully saturated rings. The lowest BCUT2D eigenvalue weighted by Gasteiger charge is -2.21. The van der Waals surface area contributed by atoms with Crippen LogP contribution in [0.1, 0.15) is 257 Å². The Bertz CT molecular complexity index is 1830. The zero-order chi connectivity index (χ0) is 46.3. The van der Waals surface area contributed by atoms with Gasteiger partial charge >= 0.3 is 0 Å². The maximum atomic E-state index is 4.95. The molecule has 6 heteroatoms. The highest BCUT2D eigenvalue weighted by atomic mass is 32.1. The molecule has 1 N–H and O–H groups in total. The predicted molar refractivity (Wildman–Crippen MR) is 266 cm³/mol. The summed E-state index contributed by atoms with van der Waals surface area (Å²) < 4.78 is 0. The fraction of sp³-hybridized carbons (Fsp3) is 0.630. The average molecular weight is 838 g/mol. The lowest BCUT2D eigenvalue weighted by molar-refractivity contribution is 0.543. The smallest absolute Gasteiger partial charge is 0.159 e. The second kappa shape index (κ2) is 21.1. The summed E-state index contributed by atoms with van der Waals surface area (Å²) in [5.74, 6) is 2.66. The quantitative estimate of drug-likeness (QED) is 0.185. The van der Waals surface area contributed by atoms with Crippen LogP contribution in [0.15, 0.2) is 48.5 Å². The van der Waals surface area contributed by atoms with Crippen molar-refractivity contribution in [3.8, 4) is 0 Å². The van der Waals surface area contributed by atoms with Gasteiger partial charge in [-0.15, -0.1) is 11.3 Å². The molecule has 0 spiro atoms. The van der Waals surface area contributed by atoms with Crippen molar-refractivity contribution in [1.82, 2.24) is 24.9 Å². The van der Waals surface area contributed by atoms with Gasteiger partial charge in [0.1, 0.15) is 0 Å². The van der Waals surface area contributed by atoms with E-state index in [4.69, 9.17) is 9.97 Å². The SMILES string of the molecule is CC(C)(C)c1ccc(C(C)(C)C)[nH]1.CC(C)(C)c1ccc(C(C)(C)C)s1.CC(C)c1ccc2ccc(C(C)C)nc2n1.CC(C)c1nc(C(C)C)c(C(C)C)nc1C(C)C. The van der Waals surface area contributed by atoms with Gasteiger partial charge in [0.25, 0.3) is 0 Å². The molecule has 5 nitrogen and oxygen atoms in total. The van der Waals surface area contributed by atoms with E-state index >= 15 is 0 Å². The van der Waals surface area contributed by atoms with E-state index in [-0.39, 0.29) is 10.8 Å². The maximum Gasteiger partial charge on any atom is 0.159 e. The van der Waals surface area contributed by atoms with Crippen molar-refractivity contribution in [2.75, 3.05) is 0 Å². The Morgan fingerprint density at radius 2 is 0.667 bits per heavy atom. The van der Waals surface area contributed by atoms with E-state index in [1.807, 2.05) is 11.3 Å². The maximum absolute atomic E-state index is 4.95. The van der Waals surface area contributed by atoms with E-state index in [1.54, 1.807) is 0 Å². The molecule has 0 saturated heterocycles. The highest BCUT2D eigenvalue weighted by Gasteiger charge is 2.23. The van der Waals surface area contributed by atoms with Crippen molar-refractivity contribution >= 4 is 22.4 Å². The predicted octanol–water partition coefficient (Wildman–Crippen LogP) is 16.8. The first-order chi connectivity index (χ1) is 27.2. The van der Waals surface area contributed by atoms with Gasteiger partial charge in [-0.2, -0.15) is 0 Å². The lowest BCUT2D eigenvalue weighted by Crippen LogP contribution is -2.15. The van der Waals surface area contributed by atoms with E-state index < -0.39 is 0 Å². The fourth-order valence-electron chi connectivity index (χ4n) is 6.27. The minimum atomic E-state index is 0.226. The molecule has 0 aliphatic carbocycles. The van der Waals surface area contributed by atoms with Crippen LogP contribution < -0.4 is 0 Å². The van der Waals surface area contributed by atoms with E-state index in [1.165, 1.54) is 43.9 Å². The molecule has 334 valence electrons. The molecular weight excluding hydrogens is 751 g/mol. The standard InChI is InChI=1S/C16H28N2.C14H18N2.C12H21N.C12H20S/c1-9(2)13-14(10(3)4)18-16(12(7)8)15(17-13)11(5)6;1-9(2)12-7-5-11-6-8-13(10(3)4)16-14(11)15-12;2*1-11(2,3)9-7-8-10(13-9)12(4,5)6/h9-12H,1-8H3;5-10H,1-4H3;7-8,13H,1-6H3;7-8H,1-6H3. The summed E-state index contributed by atoms with van der Waals surface area (Å²) in [5, 5.41) is 1.12. The summed E-state index contributed by atoms with van der Waals surface area (Å²) in [6.45, 7) is 53.2. The number of rotatable bonds is 6. The van der Waals surface area contributed by atoms with Crippen LogP contribution in [0.5, 0.6) is 0 Å². The van der Waals surface area contributed by atoms with E-state index in [0.717, 1.165) is 22.4 Å². The lowest BCUT2D eigenvalue weighted by atomic mass is 9.92. The van der Waals surface area contributed by atoms with Crippen LogP contribution in [0, 0.1) is 0 Å². The van der Waals surface area contributed by atoms with Crippen LogP contribution in [0.3, 0.4) is 0 Å². The molecule has 0 bridgehead atoms. The van der Waals surface area contributed by atoms with Gasteiger partial charge in [-0.1, -0.05) is 166 Å². The largest absolute Gasteiger partial charge is 0.361 e. The first-order valence-electron chi connectivity index (χ1n) is 22.8. The Balaban J connectivity index is 0.000000278. The molecule has 60 heavy (non-hydrogen) atoms. The van der Waals surface area contributed by atoms with Crippen molar-refractivity contribution in [2.45, 2.75) is 223 Å².